The van der Waals surface area contributed by atoms with Gasteiger partial charge in [-0.2, -0.15) is 0 Å². The summed E-state index contributed by atoms with van der Waals surface area (Å²) in [6, 6.07) is 5.82. The van der Waals surface area contributed by atoms with E-state index in [-0.39, 0.29) is 67.3 Å². The third-order valence-electron chi connectivity index (χ3n) is 13.0. The molecule has 5 amide bonds. The quantitative estimate of drug-likeness (QED) is 0.0512. The lowest BCUT2D eigenvalue weighted by Crippen LogP contribution is -2.60. The summed E-state index contributed by atoms with van der Waals surface area (Å²) in [4.78, 5) is 75.5. The van der Waals surface area contributed by atoms with E-state index in [1.165, 1.54) is 14.2 Å². The van der Waals surface area contributed by atoms with Crippen molar-refractivity contribution in [2.75, 3.05) is 40.1 Å². The minimum absolute atomic E-state index is 0.000663. The van der Waals surface area contributed by atoms with Crippen LogP contribution in [0.25, 0.3) is 10.4 Å². The van der Waals surface area contributed by atoms with Crippen LogP contribution in [-0.4, -0.2) is 136 Å². The summed E-state index contributed by atoms with van der Waals surface area (Å²) in [7, 11) is 0.578. The van der Waals surface area contributed by atoms with Crippen LogP contribution in [0.3, 0.4) is 0 Å². The molecule has 62 heavy (non-hydrogen) atoms. The highest BCUT2D eigenvalue weighted by Gasteiger charge is 2.46. The van der Waals surface area contributed by atoms with Gasteiger partial charge in [-0.3, -0.25) is 28.7 Å². The highest BCUT2D eigenvalue weighted by atomic mass is 32.2. The maximum absolute atomic E-state index is 14.3. The number of azide groups is 1. The lowest BCUT2D eigenvalue weighted by molar-refractivity contribution is -0.148. The number of hydrogen-bond acceptors (Lipinski definition) is 11. The van der Waals surface area contributed by atoms with E-state index in [4.69, 9.17) is 15.0 Å². The molecule has 0 spiro atoms. The first-order valence-electron chi connectivity index (χ1n) is 22.0. The Morgan fingerprint density at radius 3 is 2.31 bits per heavy atom. The average Bonchev–Trinajstić information content (AvgIpc) is 4.03. The second kappa shape index (κ2) is 23.4. The van der Waals surface area contributed by atoms with Crippen LogP contribution in [-0.2, 0) is 49.9 Å². The van der Waals surface area contributed by atoms with Gasteiger partial charge in [0.1, 0.15) is 12.1 Å². The Kier molecular flexibility index (Phi) is 19.0. The van der Waals surface area contributed by atoms with Crippen molar-refractivity contribution < 1.29 is 41.9 Å². The molecule has 0 unspecified atom stereocenters. The molecule has 4 N–H and O–H groups in total. The number of piperidine rings is 1. The first-order valence-corrected chi connectivity index (χ1v) is 23.7. The summed E-state index contributed by atoms with van der Waals surface area (Å²) >= 11 is 0. The van der Waals surface area contributed by atoms with Crippen molar-refractivity contribution in [2.45, 2.75) is 141 Å². The van der Waals surface area contributed by atoms with Gasteiger partial charge in [-0.25, -0.2) is 8.42 Å². The van der Waals surface area contributed by atoms with Gasteiger partial charge in [-0.15, -0.1) is 0 Å². The summed E-state index contributed by atoms with van der Waals surface area (Å²) < 4.78 is 39.5. The predicted molar refractivity (Wildman–Crippen MR) is 234 cm³/mol. The highest BCUT2D eigenvalue weighted by Crippen LogP contribution is 2.35. The molecule has 3 aliphatic rings. The van der Waals surface area contributed by atoms with Crippen molar-refractivity contribution in [1.29, 1.82) is 0 Å². The molecule has 11 atom stereocenters. The summed E-state index contributed by atoms with van der Waals surface area (Å²) in [5.41, 5.74) is 9.19. The van der Waals surface area contributed by atoms with Gasteiger partial charge in [0, 0.05) is 51.7 Å². The number of hydrogen-bond donors (Lipinski definition) is 4. The van der Waals surface area contributed by atoms with Gasteiger partial charge < -0.3 is 35.2 Å². The summed E-state index contributed by atoms with van der Waals surface area (Å²) in [5.74, 6) is -3.47. The molecule has 2 heterocycles. The van der Waals surface area contributed by atoms with Gasteiger partial charge in [0.25, 0.3) is 5.91 Å². The molecule has 18 nitrogen and oxygen atoms in total. The van der Waals surface area contributed by atoms with Gasteiger partial charge in [0.2, 0.25) is 33.7 Å². The second-order valence-corrected chi connectivity index (χ2v) is 19.4. The maximum Gasteiger partial charge on any atom is 0.256 e. The smallest absolute Gasteiger partial charge is 0.256 e. The highest BCUT2D eigenvalue weighted by molar-refractivity contribution is 7.90. The first-order chi connectivity index (χ1) is 29.5. The van der Waals surface area contributed by atoms with Crippen LogP contribution in [0.1, 0.15) is 91.5 Å². The van der Waals surface area contributed by atoms with Gasteiger partial charge in [-0.05, 0) is 67.4 Å². The topological polar surface area (TPSA) is 241 Å². The normalized spacial score (nSPS) is 23.0. The molecule has 1 aromatic rings. The third-order valence-corrected chi connectivity index (χ3v) is 14.4. The van der Waals surface area contributed by atoms with E-state index in [1.807, 2.05) is 27.7 Å². The number of nitrogens with one attached hydrogen (secondary N) is 4. The molecule has 1 aliphatic carbocycles. The Morgan fingerprint density at radius 1 is 1.02 bits per heavy atom. The van der Waals surface area contributed by atoms with Gasteiger partial charge >= 0.3 is 0 Å². The van der Waals surface area contributed by atoms with Crippen LogP contribution in [0.4, 0.5) is 0 Å². The standard InChI is InChI=1S/C43H69N9O9S/c1-9-27(4)38(51(6)43(57)36(26(2)3)48-42(56)37-30-18-19-31(24-30)46-37)34(60-7)25-35(53)52-21-13-17-33(52)39(61-8)28(5)40(54)47-32(23-29-15-11-10-12-16-29)41(55)49-62(58,59)22-14-20-45-50-44/h10-12,15-16,26-28,30-34,36-39,46H,9,13-14,17-25H2,1-8H3,(H,47,54)(H,48,56)(H,49,55)/t27-,28+,30-,31+,32-,33-,34-,36-,37-,38-,39+/m0/s1. The van der Waals surface area contributed by atoms with Crippen molar-refractivity contribution in [3.8, 4) is 0 Å². The third kappa shape index (κ3) is 13.1. The Hall–Kier alpha value is -4.29. The Bertz CT molecular complexity index is 1850. The minimum atomic E-state index is -4.11. The van der Waals surface area contributed by atoms with Gasteiger partial charge in [0.05, 0.1) is 48.4 Å². The number of ether oxygens (including phenoxy) is 2. The summed E-state index contributed by atoms with van der Waals surface area (Å²) in [6.45, 7) is 9.83. The molecule has 0 aromatic heterocycles. The van der Waals surface area contributed by atoms with Crippen LogP contribution in [0, 0.1) is 23.7 Å². The molecule has 0 radical (unpaired) electrons. The number of fused-ring (bicyclic) bond motifs is 2. The van der Waals surface area contributed by atoms with E-state index in [0.717, 1.165) is 19.3 Å². The molecule has 2 saturated heterocycles. The van der Waals surface area contributed by atoms with E-state index in [1.54, 1.807) is 54.1 Å². The van der Waals surface area contributed by atoms with Crippen LogP contribution in [0.2, 0.25) is 0 Å². The zero-order chi connectivity index (χ0) is 45.7. The fraction of sp³-hybridized carbons (Fsp3) is 0.744. The number of carbonyl (C=O) groups excluding carboxylic acids is 5. The molecule has 346 valence electrons. The Labute approximate surface area is 367 Å². The number of carbonyl (C=O) groups is 5. The van der Waals surface area contributed by atoms with E-state index in [2.05, 4.69) is 30.7 Å². The number of methoxy groups -OCH3 is 2. The number of amides is 5. The van der Waals surface area contributed by atoms with Crippen molar-refractivity contribution in [1.82, 2.24) is 30.5 Å². The van der Waals surface area contributed by atoms with E-state index < -0.39 is 69.9 Å². The van der Waals surface area contributed by atoms with E-state index >= 15 is 0 Å². The predicted octanol–water partition coefficient (Wildman–Crippen LogP) is 3.06. The van der Waals surface area contributed by atoms with Crippen LogP contribution >= 0.6 is 0 Å². The number of rotatable bonds is 24. The molecular formula is C43H69N9O9S. The van der Waals surface area contributed by atoms with Crippen molar-refractivity contribution >= 4 is 39.6 Å². The number of benzene rings is 1. The van der Waals surface area contributed by atoms with Crippen molar-refractivity contribution in [3.05, 3.63) is 46.3 Å². The van der Waals surface area contributed by atoms with Crippen molar-refractivity contribution in [2.24, 2.45) is 28.8 Å². The summed E-state index contributed by atoms with van der Waals surface area (Å²) in [5, 5.41) is 12.6. The fourth-order valence-electron chi connectivity index (χ4n) is 9.44. The zero-order valence-corrected chi connectivity index (χ0v) is 38.4. The number of nitrogens with zero attached hydrogens (tertiary/aromatic N) is 5. The molecule has 19 heteroatoms. The molecule has 3 fully saturated rings. The molecule has 1 saturated carbocycles. The number of likely N-dealkylation sites (tertiary alicyclic amines) is 1. The first kappa shape index (κ1) is 50.4. The zero-order valence-electron chi connectivity index (χ0n) is 37.6. The second-order valence-electron chi connectivity index (χ2n) is 17.6. The van der Waals surface area contributed by atoms with Crippen LogP contribution in [0.5, 0.6) is 0 Å². The minimum Gasteiger partial charge on any atom is -0.379 e. The van der Waals surface area contributed by atoms with Gasteiger partial charge in [0.15, 0.2) is 0 Å². The van der Waals surface area contributed by atoms with E-state index in [0.29, 0.717) is 37.4 Å². The summed E-state index contributed by atoms with van der Waals surface area (Å²) in [6.07, 6.45) is 3.38. The van der Waals surface area contributed by atoms with Crippen LogP contribution < -0.4 is 20.7 Å². The lowest BCUT2D eigenvalue weighted by atomic mass is 9.89. The van der Waals surface area contributed by atoms with Crippen molar-refractivity contribution in [3.63, 3.8) is 0 Å². The molecule has 1 aromatic carbocycles. The molecule has 4 rings (SSSR count). The Balaban J connectivity index is 1.47. The number of sulfonamides is 1. The monoisotopic (exact) mass is 887 g/mol. The maximum atomic E-state index is 14.3. The van der Waals surface area contributed by atoms with Crippen LogP contribution in [0.15, 0.2) is 35.4 Å². The molecule has 2 aliphatic heterocycles. The number of likely N-dealkylation sites (N-methyl/N-ethyl adjacent to an activating group) is 1. The Morgan fingerprint density at radius 2 is 1.73 bits per heavy atom. The fourth-order valence-corrected chi connectivity index (χ4v) is 10.5. The lowest BCUT2D eigenvalue weighted by Gasteiger charge is -2.41. The molecular weight excluding hydrogens is 819 g/mol. The average molecular weight is 888 g/mol. The largest absolute Gasteiger partial charge is 0.379 e. The van der Waals surface area contributed by atoms with E-state index in [9.17, 15) is 32.4 Å². The molecule has 2 bridgehead atoms. The SMILES string of the molecule is CC[C@H](C)[C@@H]([C@H](CC(=O)N1CCC[C@H]1[C@H](OC)[C@@H](C)C(=O)N[C@@H](Cc1ccccc1)C(=O)NS(=O)(=O)CCCN=[N+]=[N-])OC)N(C)C(=O)[C@@H](NC(=O)[C@H]1N[C@@H]2CC[C@H]1C2)C(C)C. The van der Waals surface area contributed by atoms with Gasteiger partial charge in [-0.1, -0.05) is 76.5 Å².